The second-order valence-corrected chi connectivity index (χ2v) is 8.65. The first-order valence-corrected chi connectivity index (χ1v) is 10.3. The normalized spacial score (nSPS) is 15.8. The molecule has 1 aliphatic rings. The van der Waals surface area contributed by atoms with Gasteiger partial charge in [0.2, 0.25) is 10.0 Å². The molecule has 1 aliphatic carbocycles. The van der Waals surface area contributed by atoms with E-state index in [0.717, 1.165) is 24.8 Å². The summed E-state index contributed by atoms with van der Waals surface area (Å²) < 4.78 is 28.3. The predicted octanol–water partition coefficient (Wildman–Crippen LogP) is 3.15. The van der Waals surface area contributed by atoms with Crippen LogP contribution in [0.15, 0.2) is 53.4 Å². The van der Waals surface area contributed by atoms with Crippen LogP contribution in [0.5, 0.6) is 0 Å². The molecule has 3 rings (SSSR count). The van der Waals surface area contributed by atoms with Gasteiger partial charge in [-0.15, -0.1) is 0 Å². The van der Waals surface area contributed by atoms with Crippen LogP contribution in [0.25, 0.3) is 0 Å². The van der Waals surface area contributed by atoms with Crippen molar-refractivity contribution in [2.24, 2.45) is 0 Å². The number of nitrogens with zero attached hydrogens (tertiary/aromatic N) is 1. The Hall–Kier alpha value is -1.69. The Morgan fingerprint density at radius 1 is 1.00 bits per heavy atom. The molecular weight excluding hydrogens is 332 g/mol. The van der Waals surface area contributed by atoms with Gasteiger partial charge in [0, 0.05) is 12.6 Å². The first-order chi connectivity index (χ1) is 12.0. The number of hydrogen-bond acceptors (Lipinski definition) is 3. The van der Waals surface area contributed by atoms with Crippen molar-refractivity contribution in [3.05, 3.63) is 65.2 Å². The molecule has 0 bridgehead atoms. The van der Waals surface area contributed by atoms with E-state index in [0.29, 0.717) is 11.4 Å². The van der Waals surface area contributed by atoms with E-state index in [1.807, 2.05) is 61.5 Å². The van der Waals surface area contributed by atoms with Gasteiger partial charge in [0.1, 0.15) is 0 Å². The van der Waals surface area contributed by atoms with Crippen LogP contribution in [-0.2, 0) is 22.9 Å². The second-order valence-electron chi connectivity index (χ2n) is 6.88. The van der Waals surface area contributed by atoms with Gasteiger partial charge in [-0.3, -0.25) is 0 Å². The lowest BCUT2D eigenvalue weighted by Crippen LogP contribution is -2.34. The highest BCUT2D eigenvalue weighted by Crippen LogP contribution is 2.24. The van der Waals surface area contributed by atoms with Crippen molar-refractivity contribution in [3.63, 3.8) is 0 Å². The molecule has 25 heavy (non-hydrogen) atoms. The van der Waals surface area contributed by atoms with E-state index in [-0.39, 0.29) is 6.04 Å². The molecule has 0 radical (unpaired) electrons. The number of fused-ring (bicyclic) bond motifs is 1. The minimum atomic E-state index is -3.51. The monoisotopic (exact) mass is 358 g/mol. The predicted molar refractivity (Wildman–Crippen MR) is 101 cm³/mol. The van der Waals surface area contributed by atoms with Crippen LogP contribution in [0.4, 0.5) is 0 Å². The van der Waals surface area contributed by atoms with Crippen LogP contribution in [0.2, 0.25) is 0 Å². The molecule has 0 saturated heterocycles. The second kappa shape index (κ2) is 7.68. The van der Waals surface area contributed by atoms with Crippen molar-refractivity contribution < 1.29 is 8.42 Å². The Labute approximate surface area is 150 Å². The Balaban J connectivity index is 1.77. The summed E-state index contributed by atoms with van der Waals surface area (Å²) in [5.41, 5.74) is 3.57. The van der Waals surface area contributed by atoms with Crippen molar-refractivity contribution in [1.82, 2.24) is 9.62 Å². The van der Waals surface area contributed by atoms with Crippen LogP contribution >= 0.6 is 0 Å². The van der Waals surface area contributed by atoms with Crippen molar-refractivity contribution >= 4 is 10.0 Å². The zero-order chi connectivity index (χ0) is 17.9. The number of aryl methyl sites for hydroxylation is 2. The van der Waals surface area contributed by atoms with Crippen molar-refractivity contribution in [2.75, 3.05) is 20.6 Å². The summed E-state index contributed by atoms with van der Waals surface area (Å²) in [6.45, 7) is 0.344. The third-order valence-electron chi connectivity index (χ3n) is 4.90. The van der Waals surface area contributed by atoms with E-state index in [1.54, 1.807) is 6.07 Å². The van der Waals surface area contributed by atoms with E-state index in [9.17, 15) is 8.42 Å². The molecule has 0 spiro atoms. The average Bonchev–Trinajstić information content (AvgIpc) is 2.62. The molecule has 0 heterocycles. The maximum Gasteiger partial charge on any atom is 0.240 e. The Morgan fingerprint density at radius 3 is 2.36 bits per heavy atom. The van der Waals surface area contributed by atoms with Gasteiger partial charge in [-0.2, -0.15) is 0 Å². The van der Waals surface area contributed by atoms with E-state index in [1.165, 1.54) is 17.5 Å². The number of rotatable bonds is 6. The summed E-state index contributed by atoms with van der Waals surface area (Å²) in [4.78, 5) is 2.41. The van der Waals surface area contributed by atoms with E-state index in [2.05, 4.69) is 4.72 Å². The lowest BCUT2D eigenvalue weighted by atomic mass is 9.92. The van der Waals surface area contributed by atoms with Gasteiger partial charge < -0.3 is 4.90 Å². The largest absolute Gasteiger partial charge is 0.301 e. The summed E-state index contributed by atoms with van der Waals surface area (Å²) in [5, 5.41) is 0. The molecule has 5 heteroatoms. The molecular formula is C20H26N2O2S. The summed E-state index contributed by atoms with van der Waals surface area (Å²) in [5.74, 6) is 0. The molecule has 0 saturated carbocycles. The van der Waals surface area contributed by atoms with Crippen molar-refractivity contribution in [3.8, 4) is 0 Å². The van der Waals surface area contributed by atoms with Gasteiger partial charge in [-0.1, -0.05) is 36.4 Å². The van der Waals surface area contributed by atoms with Gasteiger partial charge in [0.15, 0.2) is 0 Å². The maximum atomic E-state index is 12.7. The molecule has 2 aromatic carbocycles. The summed E-state index contributed by atoms with van der Waals surface area (Å²) in [6, 6.07) is 15.5. The first kappa shape index (κ1) is 18.1. The summed E-state index contributed by atoms with van der Waals surface area (Å²) >= 11 is 0. The molecule has 0 amide bonds. The Bertz CT molecular complexity index is 817. The SMILES string of the molecule is CN(C)[C@@H](CNS(=O)(=O)c1ccc2c(c1)CCCC2)c1ccccc1. The molecule has 1 atom stereocenters. The van der Waals surface area contributed by atoms with Crippen molar-refractivity contribution in [2.45, 2.75) is 36.6 Å². The van der Waals surface area contributed by atoms with Gasteiger partial charge >= 0.3 is 0 Å². The molecule has 0 aliphatic heterocycles. The van der Waals surface area contributed by atoms with Gasteiger partial charge in [0.05, 0.1) is 4.90 Å². The first-order valence-electron chi connectivity index (χ1n) is 8.80. The summed E-state index contributed by atoms with van der Waals surface area (Å²) in [6.07, 6.45) is 4.36. The fraction of sp³-hybridized carbons (Fsp3) is 0.400. The molecule has 0 unspecified atom stereocenters. The smallest absolute Gasteiger partial charge is 0.240 e. The number of likely N-dealkylation sites (N-methyl/N-ethyl adjacent to an activating group) is 1. The number of sulfonamides is 1. The lowest BCUT2D eigenvalue weighted by molar-refractivity contribution is 0.299. The van der Waals surface area contributed by atoms with Crippen LogP contribution in [0.3, 0.4) is 0 Å². The van der Waals surface area contributed by atoms with Crippen molar-refractivity contribution in [1.29, 1.82) is 0 Å². The molecule has 1 N–H and O–H groups in total. The molecule has 4 nitrogen and oxygen atoms in total. The Morgan fingerprint density at radius 2 is 1.68 bits per heavy atom. The zero-order valence-electron chi connectivity index (χ0n) is 14.9. The fourth-order valence-corrected chi connectivity index (χ4v) is 4.51. The maximum absolute atomic E-state index is 12.7. The lowest BCUT2D eigenvalue weighted by Gasteiger charge is -2.25. The Kier molecular flexibility index (Phi) is 5.57. The van der Waals surface area contributed by atoms with Gasteiger partial charge in [-0.05, 0) is 68.6 Å². The highest BCUT2D eigenvalue weighted by Gasteiger charge is 2.21. The van der Waals surface area contributed by atoms with Crippen LogP contribution < -0.4 is 4.72 Å². The number of nitrogens with one attached hydrogen (secondary N) is 1. The minimum Gasteiger partial charge on any atom is -0.301 e. The number of benzene rings is 2. The topological polar surface area (TPSA) is 49.4 Å². The minimum absolute atomic E-state index is 0.00592. The van der Waals surface area contributed by atoms with E-state index >= 15 is 0 Å². The zero-order valence-corrected chi connectivity index (χ0v) is 15.7. The highest BCUT2D eigenvalue weighted by atomic mass is 32.2. The van der Waals surface area contributed by atoms with E-state index < -0.39 is 10.0 Å². The van der Waals surface area contributed by atoms with Gasteiger partial charge in [-0.25, -0.2) is 13.1 Å². The molecule has 134 valence electrons. The molecule has 2 aromatic rings. The highest BCUT2D eigenvalue weighted by molar-refractivity contribution is 7.89. The summed E-state index contributed by atoms with van der Waals surface area (Å²) in [7, 11) is 0.419. The van der Waals surface area contributed by atoms with E-state index in [4.69, 9.17) is 0 Å². The standard InChI is InChI=1S/C20H26N2O2S/c1-22(2)20(17-9-4-3-5-10-17)15-21-25(23,24)19-13-12-16-8-6-7-11-18(16)14-19/h3-5,9-10,12-14,20-21H,6-8,11,15H2,1-2H3/t20-/m0/s1. The molecule has 0 fully saturated rings. The third-order valence-corrected chi connectivity index (χ3v) is 6.33. The van der Waals surface area contributed by atoms with Crippen LogP contribution in [-0.4, -0.2) is 34.0 Å². The third kappa shape index (κ3) is 4.29. The quantitative estimate of drug-likeness (QED) is 0.863. The fourth-order valence-electron chi connectivity index (χ4n) is 3.42. The van der Waals surface area contributed by atoms with Crippen LogP contribution in [0.1, 0.15) is 35.6 Å². The van der Waals surface area contributed by atoms with Gasteiger partial charge in [0.25, 0.3) is 0 Å². The number of hydrogen-bond donors (Lipinski definition) is 1. The molecule has 0 aromatic heterocycles. The van der Waals surface area contributed by atoms with Crippen LogP contribution in [0, 0.1) is 0 Å². The average molecular weight is 359 g/mol.